The second-order valence-corrected chi connectivity index (χ2v) is 20.4. The van der Waals surface area contributed by atoms with Gasteiger partial charge in [0.15, 0.2) is 0 Å². The quantitative estimate of drug-likeness (QED) is 0.274. The van der Waals surface area contributed by atoms with Gasteiger partial charge in [-0.15, -0.1) is 0 Å². The summed E-state index contributed by atoms with van der Waals surface area (Å²) in [6.45, 7) is 13.5. The van der Waals surface area contributed by atoms with E-state index < -0.39 is 33.0 Å². The van der Waals surface area contributed by atoms with E-state index in [0.29, 0.717) is 5.56 Å². The van der Waals surface area contributed by atoms with Crippen LogP contribution in [-0.2, 0) is 38.3 Å². The Morgan fingerprint density at radius 1 is 0.630 bits per heavy atom. The van der Waals surface area contributed by atoms with Gasteiger partial charge in [0.1, 0.15) is 0 Å². The SMILES string of the molecule is CC(C)(C)c1ccc2c(c1)-c1cc(C(C)(C)C)ccc1[CH]2/[Zr+2]([C]1=CC=CC1)=[C](\c1ccccc1)c1cccc(C(F)(F)F)c1.[Cl-].[Cl-]. The summed E-state index contributed by atoms with van der Waals surface area (Å²) in [6.07, 6.45) is 3.04. The number of benzene rings is 4. The summed E-state index contributed by atoms with van der Waals surface area (Å²) in [6, 6.07) is 30.2. The fourth-order valence-electron chi connectivity index (χ4n) is 6.56. The Labute approximate surface area is 291 Å². The molecule has 0 unspecified atom stereocenters. The number of hydrogen-bond acceptors (Lipinski definition) is 0. The van der Waals surface area contributed by atoms with Crippen LogP contribution in [-0.4, -0.2) is 3.21 Å². The van der Waals surface area contributed by atoms with Crippen LogP contribution in [0.3, 0.4) is 0 Å². The van der Waals surface area contributed by atoms with E-state index in [-0.39, 0.29) is 39.3 Å². The molecule has 4 aromatic carbocycles. The summed E-state index contributed by atoms with van der Waals surface area (Å²) in [7, 11) is 0. The molecule has 0 aromatic heterocycles. The number of alkyl halides is 3. The molecule has 0 bridgehead atoms. The molecule has 0 atom stereocenters. The van der Waals surface area contributed by atoms with Crippen LogP contribution in [0.25, 0.3) is 11.1 Å². The molecule has 0 heterocycles. The number of rotatable bonds is 4. The molecule has 238 valence electrons. The van der Waals surface area contributed by atoms with Gasteiger partial charge in [-0.1, -0.05) is 0 Å². The molecule has 0 saturated carbocycles. The molecule has 0 fully saturated rings. The standard InChI is InChI=1S/C21H25.C14H9F3.C5H5.2ClH.Zr/c1-20(2,3)16-9-7-14-11-15-8-10-17(21(4,5)6)13-19(15)18(14)12-16;15-14(16,17)13-8-4-7-12(10-13)9-11-5-2-1-3-6-11;1-2-4-5-3-1;;;/h7-13H,1-6H3;1-8,10H;1-3H,4H2;2*1H;/q;;;;;+2/p-2. The fraction of sp³-hybridized carbons (Fsp3) is 0.275. The van der Waals surface area contributed by atoms with E-state index in [9.17, 15) is 13.2 Å². The molecule has 2 aliphatic rings. The van der Waals surface area contributed by atoms with E-state index in [1.807, 2.05) is 24.3 Å². The second kappa shape index (κ2) is 13.5. The first-order valence-electron chi connectivity index (χ1n) is 15.4. The van der Waals surface area contributed by atoms with E-state index >= 15 is 0 Å². The van der Waals surface area contributed by atoms with Gasteiger partial charge in [-0.3, -0.25) is 0 Å². The minimum absolute atomic E-state index is 0. The maximum Gasteiger partial charge on any atom is -1.00 e. The largest absolute Gasteiger partial charge is 1.00 e. The number of allylic oxidation sites excluding steroid dienone is 4. The molecule has 0 spiro atoms. The first-order valence-corrected chi connectivity index (χ1v) is 19.2. The Balaban J connectivity index is 0.00000240. The summed E-state index contributed by atoms with van der Waals surface area (Å²) < 4.78 is 44.9. The fourth-order valence-corrected chi connectivity index (χ4v) is 15.6. The zero-order valence-corrected chi connectivity index (χ0v) is 31.0. The van der Waals surface area contributed by atoms with Gasteiger partial charge in [-0.05, 0) is 0 Å². The van der Waals surface area contributed by atoms with Crippen molar-refractivity contribution in [3.8, 4) is 11.1 Å². The van der Waals surface area contributed by atoms with Crippen molar-refractivity contribution in [2.45, 2.75) is 68.6 Å². The Bertz CT molecular complexity index is 1770. The summed E-state index contributed by atoms with van der Waals surface area (Å²) in [5.41, 5.74) is 8.91. The Morgan fingerprint density at radius 2 is 1.17 bits per heavy atom. The number of hydrogen-bond donors (Lipinski definition) is 0. The Kier molecular flexibility index (Phi) is 10.7. The van der Waals surface area contributed by atoms with E-state index in [1.165, 1.54) is 48.8 Å². The van der Waals surface area contributed by atoms with Gasteiger partial charge in [0.05, 0.1) is 0 Å². The third kappa shape index (κ3) is 7.01. The van der Waals surface area contributed by atoms with Crippen molar-refractivity contribution in [3.05, 3.63) is 151 Å². The van der Waals surface area contributed by atoms with Crippen molar-refractivity contribution in [2.24, 2.45) is 0 Å². The third-order valence-corrected chi connectivity index (χ3v) is 17.3. The monoisotopic (exact) mass is 736 g/mol. The van der Waals surface area contributed by atoms with Crippen LogP contribution < -0.4 is 24.8 Å². The molecule has 0 aliphatic heterocycles. The van der Waals surface area contributed by atoms with Crippen molar-refractivity contribution < 1.29 is 59.3 Å². The van der Waals surface area contributed by atoms with Crippen molar-refractivity contribution in [1.29, 1.82) is 0 Å². The molecule has 6 rings (SSSR count). The van der Waals surface area contributed by atoms with Gasteiger partial charge in [0.2, 0.25) is 0 Å². The molecular weight excluding hydrogens is 700 g/mol. The normalized spacial score (nSPS) is 14.5. The van der Waals surface area contributed by atoms with Gasteiger partial charge in [-0.25, -0.2) is 0 Å². The van der Waals surface area contributed by atoms with Gasteiger partial charge < -0.3 is 24.8 Å². The molecule has 0 radical (unpaired) electrons. The molecule has 0 saturated heterocycles. The van der Waals surface area contributed by atoms with Crippen LogP contribution in [0.4, 0.5) is 13.2 Å². The van der Waals surface area contributed by atoms with Gasteiger partial charge >= 0.3 is 269 Å². The van der Waals surface area contributed by atoms with Gasteiger partial charge in [-0.2, -0.15) is 0 Å². The third-order valence-electron chi connectivity index (χ3n) is 8.97. The topological polar surface area (TPSA) is 0 Å². The van der Waals surface area contributed by atoms with E-state index in [4.69, 9.17) is 0 Å². The first-order chi connectivity index (χ1) is 20.7. The van der Waals surface area contributed by atoms with Crippen molar-refractivity contribution >= 4 is 3.21 Å². The minimum Gasteiger partial charge on any atom is -1.00 e. The average molecular weight is 739 g/mol. The first kappa shape index (κ1) is 36.3. The molecule has 46 heavy (non-hydrogen) atoms. The smallest absolute Gasteiger partial charge is 1.00 e. The summed E-state index contributed by atoms with van der Waals surface area (Å²) in [5.74, 6) is 0. The molecule has 0 nitrogen and oxygen atoms in total. The van der Waals surface area contributed by atoms with E-state index in [2.05, 4.69) is 108 Å². The van der Waals surface area contributed by atoms with Crippen LogP contribution in [0.2, 0.25) is 0 Å². The van der Waals surface area contributed by atoms with Crippen molar-refractivity contribution in [1.82, 2.24) is 0 Å². The van der Waals surface area contributed by atoms with Gasteiger partial charge in [0.25, 0.3) is 0 Å². The number of halogens is 5. The molecule has 0 N–H and O–H groups in total. The van der Waals surface area contributed by atoms with Crippen LogP contribution in [0.15, 0.2) is 113 Å². The summed E-state index contributed by atoms with van der Waals surface area (Å²) in [4.78, 5) is 0. The zero-order valence-electron chi connectivity index (χ0n) is 27.1. The maximum absolute atomic E-state index is 14.1. The van der Waals surface area contributed by atoms with Crippen LogP contribution in [0.1, 0.15) is 90.5 Å². The molecular formula is C40H39Cl2F3Zr. The summed E-state index contributed by atoms with van der Waals surface area (Å²) in [5, 5.41) is 0. The van der Waals surface area contributed by atoms with E-state index in [1.54, 1.807) is 6.07 Å². The maximum atomic E-state index is 14.1. The van der Waals surface area contributed by atoms with Crippen LogP contribution in [0.5, 0.6) is 0 Å². The van der Waals surface area contributed by atoms with Crippen LogP contribution >= 0.6 is 0 Å². The average Bonchev–Trinajstić information content (AvgIpc) is 3.61. The van der Waals surface area contributed by atoms with E-state index in [0.717, 1.165) is 15.2 Å². The Hall–Kier alpha value is -2.52. The van der Waals surface area contributed by atoms with Gasteiger partial charge in [0, 0.05) is 0 Å². The predicted molar refractivity (Wildman–Crippen MR) is 174 cm³/mol. The molecule has 2 aliphatic carbocycles. The van der Waals surface area contributed by atoms with Crippen molar-refractivity contribution in [2.75, 3.05) is 0 Å². The zero-order chi connectivity index (χ0) is 31.4. The molecule has 6 heteroatoms. The molecule has 4 aromatic rings. The molecule has 0 amide bonds. The van der Waals surface area contributed by atoms with Crippen molar-refractivity contribution in [3.63, 3.8) is 0 Å². The minimum atomic E-state index is -4.41. The van der Waals surface area contributed by atoms with Crippen LogP contribution in [0, 0.1) is 0 Å². The predicted octanol–water partition coefficient (Wildman–Crippen LogP) is 5.11. The Morgan fingerprint density at radius 3 is 1.65 bits per heavy atom. The second-order valence-electron chi connectivity index (χ2n) is 14.1. The summed E-state index contributed by atoms with van der Waals surface area (Å²) >= 11 is -3.08. The number of fused-ring (bicyclic) bond motifs is 3.